The van der Waals surface area contributed by atoms with E-state index in [9.17, 15) is 0 Å². The van der Waals surface area contributed by atoms with Crippen molar-refractivity contribution in [1.82, 2.24) is 19.9 Å². The highest BCUT2D eigenvalue weighted by atomic mass is 15.2. The van der Waals surface area contributed by atoms with Crippen molar-refractivity contribution in [3.63, 3.8) is 0 Å². The topological polar surface area (TPSA) is 54.8 Å². The molecule has 0 fully saturated rings. The molecule has 0 unspecified atom stereocenters. The molecule has 0 saturated heterocycles. The quantitative estimate of drug-likeness (QED) is 0.150. The number of anilines is 3. The van der Waals surface area contributed by atoms with E-state index in [4.69, 9.17) is 19.9 Å². The number of hydrogen-bond donors (Lipinski definition) is 0. The van der Waals surface area contributed by atoms with Gasteiger partial charge in [-0.05, 0) is 69.8 Å². The van der Waals surface area contributed by atoms with Gasteiger partial charge in [0, 0.05) is 22.5 Å². The smallest absolute Gasteiger partial charge is 0.182 e. The number of benzene rings is 7. The highest BCUT2D eigenvalue weighted by Crippen LogP contribution is 2.39. The maximum atomic E-state index is 5.39. The van der Waals surface area contributed by atoms with Crippen molar-refractivity contribution in [2.45, 2.75) is 0 Å². The van der Waals surface area contributed by atoms with E-state index < -0.39 is 0 Å². The molecule has 5 heteroatoms. The summed E-state index contributed by atoms with van der Waals surface area (Å²) in [7, 11) is 0. The molecular weight excluding hydrogens is 671 g/mol. The summed E-state index contributed by atoms with van der Waals surface area (Å²) in [5.41, 5.74) is 11.1. The van der Waals surface area contributed by atoms with Gasteiger partial charge in [0.1, 0.15) is 11.5 Å². The Balaban J connectivity index is 1.24. The van der Waals surface area contributed by atoms with Crippen molar-refractivity contribution in [1.29, 1.82) is 0 Å². The fourth-order valence-electron chi connectivity index (χ4n) is 6.75. The van der Waals surface area contributed by atoms with Crippen molar-refractivity contribution in [2.75, 3.05) is 4.90 Å². The minimum Gasteiger partial charge on any atom is -0.295 e. The van der Waals surface area contributed by atoms with Gasteiger partial charge in [0.05, 0.1) is 0 Å². The van der Waals surface area contributed by atoms with Gasteiger partial charge in [0.25, 0.3) is 0 Å². The van der Waals surface area contributed by atoms with Crippen LogP contribution in [-0.2, 0) is 0 Å². The van der Waals surface area contributed by atoms with Crippen molar-refractivity contribution >= 4 is 17.2 Å². The summed E-state index contributed by atoms with van der Waals surface area (Å²) in [5.74, 6) is 2.40. The number of pyridine rings is 1. The van der Waals surface area contributed by atoms with Gasteiger partial charge in [0.15, 0.2) is 17.5 Å². The number of aromatic nitrogens is 4. The third kappa shape index (κ3) is 7.28. The van der Waals surface area contributed by atoms with Crippen molar-refractivity contribution in [3.05, 3.63) is 212 Å². The van der Waals surface area contributed by atoms with E-state index in [0.717, 1.165) is 61.7 Å². The maximum absolute atomic E-state index is 5.39. The third-order valence-electron chi connectivity index (χ3n) is 9.54. The molecule has 9 aromatic rings. The van der Waals surface area contributed by atoms with Crippen molar-refractivity contribution < 1.29 is 0 Å². The van der Waals surface area contributed by atoms with Gasteiger partial charge < -0.3 is 0 Å². The van der Waals surface area contributed by atoms with Crippen LogP contribution in [-0.4, -0.2) is 19.9 Å². The predicted molar refractivity (Wildman–Crippen MR) is 225 cm³/mol. The van der Waals surface area contributed by atoms with Crippen LogP contribution in [0.15, 0.2) is 212 Å². The van der Waals surface area contributed by atoms with Gasteiger partial charge in [-0.1, -0.05) is 176 Å². The molecule has 55 heavy (non-hydrogen) atoms. The van der Waals surface area contributed by atoms with Gasteiger partial charge in [-0.25, -0.2) is 19.9 Å². The van der Waals surface area contributed by atoms with Crippen molar-refractivity contribution in [2.24, 2.45) is 0 Å². The normalized spacial score (nSPS) is 10.9. The zero-order valence-electron chi connectivity index (χ0n) is 29.9. The van der Waals surface area contributed by atoms with Crippen LogP contribution in [0, 0.1) is 0 Å². The highest BCUT2D eigenvalue weighted by molar-refractivity contribution is 5.82. The molecule has 2 aromatic heterocycles. The minimum atomic E-state index is 0.491. The molecule has 0 atom stereocenters. The molecule has 0 saturated carbocycles. The molecule has 0 aliphatic carbocycles. The molecule has 0 N–H and O–H groups in total. The van der Waals surface area contributed by atoms with E-state index in [0.29, 0.717) is 23.2 Å². The Hall–Kier alpha value is -7.50. The summed E-state index contributed by atoms with van der Waals surface area (Å²) in [6.07, 6.45) is 0. The molecule has 9 rings (SSSR count). The molecular formula is C50H35N5. The fourth-order valence-corrected chi connectivity index (χ4v) is 6.75. The van der Waals surface area contributed by atoms with Crippen LogP contribution in [0.3, 0.4) is 0 Å². The molecule has 0 aliphatic rings. The maximum Gasteiger partial charge on any atom is 0.182 e. The van der Waals surface area contributed by atoms with E-state index >= 15 is 0 Å². The van der Waals surface area contributed by atoms with Crippen LogP contribution < -0.4 is 4.90 Å². The average molecular weight is 706 g/mol. The summed E-state index contributed by atoms with van der Waals surface area (Å²) < 4.78 is 0. The van der Waals surface area contributed by atoms with Crippen LogP contribution in [0.2, 0.25) is 0 Å². The summed E-state index contributed by atoms with van der Waals surface area (Å²) in [5, 5.41) is 0. The Morgan fingerprint density at radius 3 is 0.982 bits per heavy atom. The predicted octanol–water partition coefficient (Wildman–Crippen LogP) is 12.7. The second-order valence-corrected chi connectivity index (χ2v) is 13.2. The Labute approximate surface area is 321 Å². The first kappa shape index (κ1) is 33.3. The SMILES string of the molecule is c1ccc(-c2ccc(N(c3ccc(-c4ccccc4)cc3)c3cc(-c4ccccc4)cc(-c4nc(-c5ccccc5)nc(-c5ccccc5)n4)n3)cc2)cc1. The Kier molecular flexibility index (Phi) is 9.23. The Bertz CT molecular complexity index is 2510. The molecule has 0 radical (unpaired) electrons. The van der Waals surface area contributed by atoms with Crippen LogP contribution in [0.25, 0.3) is 67.7 Å². The second kappa shape index (κ2) is 15.2. The molecule has 5 nitrogen and oxygen atoms in total. The number of nitrogens with zero attached hydrogens (tertiary/aromatic N) is 5. The van der Waals surface area contributed by atoms with Crippen LogP contribution in [0.1, 0.15) is 0 Å². The Morgan fingerprint density at radius 2 is 0.582 bits per heavy atom. The summed E-state index contributed by atoms with van der Waals surface area (Å²) >= 11 is 0. The second-order valence-electron chi connectivity index (χ2n) is 13.2. The lowest BCUT2D eigenvalue weighted by Gasteiger charge is -2.26. The molecule has 0 aliphatic heterocycles. The van der Waals surface area contributed by atoms with Crippen LogP contribution in [0.4, 0.5) is 17.2 Å². The lowest BCUT2D eigenvalue weighted by atomic mass is 10.0. The molecule has 7 aromatic carbocycles. The average Bonchev–Trinajstić information content (AvgIpc) is 3.28. The lowest BCUT2D eigenvalue weighted by Crippen LogP contribution is -2.13. The summed E-state index contributed by atoms with van der Waals surface area (Å²) in [6, 6.07) is 72.9. The van der Waals surface area contributed by atoms with E-state index in [2.05, 4.69) is 138 Å². The lowest BCUT2D eigenvalue weighted by molar-refractivity contribution is 1.05. The third-order valence-corrected chi connectivity index (χ3v) is 9.54. The minimum absolute atomic E-state index is 0.491. The van der Waals surface area contributed by atoms with Gasteiger partial charge in [0.2, 0.25) is 0 Å². The monoisotopic (exact) mass is 705 g/mol. The first-order valence-electron chi connectivity index (χ1n) is 18.3. The zero-order valence-corrected chi connectivity index (χ0v) is 29.9. The standard InChI is InChI=1S/C50H35N5/c1-6-16-36(17-7-1)39-26-30-44(31-27-39)55(45-32-28-40(29-33-45)37-18-8-2-9-19-37)47-35-43(38-20-10-3-11-21-38)34-46(51-47)50-53-48(41-22-12-4-13-23-41)52-49(54-50)42-24-14-5-15-25-42/h1-35H. The van der Waals surface area contributed by atoms with Gasteiger partial charge in [-0.3, -0.25) is 4.90 Å². The van der Waals surface area contributed by atoms with Gasteiger partial charge >= 0.3 is 0 Å². The first-order valence-corrected chi connectivity index (χ1v) is 18.3. The van der Waals surface area contributed by atoms with Gasteiger partial charge in [-0.2, -0.15) is 0 Å². The van der Waals surface area contributed by atoms with Crippen molar-refractivity contribution in [3.8, 4) is 67.7 Å². The van der Waals surface area contributed by atoms with Crippen LogP contribution >= 0.6 is 0 Å². The molecule has 0 spiro atoms. The zero-order chi connectivity index (χ0) is 36.8. The number of hydrogen-bond acceptors (Lipinski definition) is 5. The first-order chi connectivity index (χ1) is 27.2. The molecule has 0 bridgehead atoms. The molecule has 0 amide bonds. The molecule has 2 heterocycles. The van der Waals surface area contributed by atoms with E-state index in [1.165, 1.54) is 0 Å². The fraction of sp³-hybridized carbons (Fsp3) is 0. The van der Waals surface area contributed by atoms with E-state index in [-0.39, 0.29) is 0 Å². The summed E-state index contributed by atoms with van der Waals surface area (Å²) in [4.78, 5) is 22.7. The summed E-state index contributed by atoms with van der Waals surface area (Å²) in [6.45, 7) is 0. The van der Waals surface area contributed by atoms with E-state index in [1.54, 1.807) is 0 Å². The van der Waals surface area contributed by atoms with Crippen LogP contribution in [0.5, 0.6) is 0 Å². The highest BCUT2D eigenvalue weighted by Gasteiger charge is 2.20. The molecule has 260 valence electrons. The number of rotatable bonds is 9. The Morgan fingerprint density at radius 1 is 0.255 bits per heavy atom. The van der Waals surface area contributed by atoms with Gasteiger partial charge in [-0.15, -0.1) is 0 Å². The largest absolute Gasteiger partial charge is 0.295 e. The van der Waals surface area contributed by atoms with E-state index in [1.807, 2.05) is 78.9 Å².